The highest BCUT2D eigenvalue weighted by atomic mass is 32.2. The highest BCUT2D eigenvalue weighted by Gasteiger charge is 2.19. The summed E-state index contributed by atoms with van der Waals surface area (Å²) in [5.41, 5.74) is 1.81. The Hall–Kier alpha value is -3.52. The summed E-state index contributed by atoms with van der Waals surface area (Å²) in [6.45, 7) is 1.65. The number of oxazole rings is 1. The molecule has 0 aliphatic heterocycles. The number of sulfone groups is 1. The lowest BCUT2D eigenvalue weighted by Gasteiger charge is -2.04. The van der Waals surface area contributed by atoms with Crippen molar-refractivity contribution in [2.75, 3.05) is 5.75 Å². The molecule has 0 saturated carbocycles. The topological polar surface area (TPSA) is 82.3 Å². The largest absolute Gasteiger partial charge is 0.468 e. The minimum absolute atomic E-state index is 0.0183. The van der Waals surface area contributed by atoms with Crippen LogP contribution in [0.15, 0.2) is 82.2 Å². The lowest BCUT2D eigenvalue weighted by atomic mass is 10.1. The van der Waals surface area contributed by atoms with Crippen LogP contribution in [0.2, 0.25) is 0 Å². The summed E-state index contributed by atoms with van der Waals surface area (Å²) in [4.78, 5) is 8.86. The van der Waals surface area contributed by atoms with E-state index in [0.717, 1.165) is 0 Å². The van der Waals surface area contributed by atoms with Gasteiger partial charge < -0.3 is 9.15 Å². The van der Waals surface area contributed by atoms with E-state index in [0.29, 0.717) is 34.4 Å². The molecule has 4 aromatic rings. The van der Waals surface area contributed by atoms with Gasteiger partial charge in [0.25, 0.3) is 0 Å². The number of ether oxygens (including phenoxy) is 1. The summed E-state index contributed by atoms with van der Waals surface area (Å²) < 4.78 is 49.2. The Labute approximate surface area is 179 Å². The van der Waals surface area contributed by atoms with Crippen LogP contribution in [0.3, 0.4) is 0 Å². The molecule has 8 heteroatoms. The fourth-order valence-electron chi connectivity index (χ4n) is 2.97. The number of benzene rings is 2. The van der Waals surface area contributed by atoms with Crippen molar-refractivity contribution in [1.29, 1.82) is 0 Å². The molecule has 0 saturated heterocycles. The molecule has 0 aliphatic carbocycles. The number of rotatable bonds is 7. The van der Waals surface area contributed by atoms with Gasteiger partial charge in [-0.2, -0.15) is 0 Å². The zero-order valence-corrected chi connectivity index (χ0v) is 17.5. The Kier molecular flexibility index (Phi) is 5.81. The van der Waals surface area contributed by atoms with Gasteiger partial charge in [-0.05, 0) is 54.6 Å². The average molecular weight is 438 g/mol. The maximum absolute atomic E-state index is 13.4. The van der Waals surface area contributed by atoms with E-state index in [9.17, 15) is 12.8 Å². The van der Waals surface area contributed by atoms with Crippen molar-refractivity contribution in [2.45, 2.75) is 18.4 Å². The minimum Gasteiger partial charge on any atom is -0.468 e. The lowest BCUT2D eigenvalue weighted by molar-refractivity contribution is 0.255. The quantitative estimate of drug-likeness (QED) is 0.408. The molecule has 2 aromatic carbocycles. The second-order valence-corrected chi connectivity index (χ2v) is 8.95. The van der Waals surface area contributed by atoms with Crippen molar-refractivity contribution in [1.82, 2.24) is 9.97 Å². The van der Waals surface area contributed by atoms with Crippen LogP contribution >= 0.6 is 0 Å². The summed E-state index contributed by atoms with van der Waals surface area (Å²) >= 11 is 0. The zero-order valence-electron chi connectivity index (χ0n) is 16.7. The molecule has 0 spiro atoms. The number of pyridine rings is 1. The van der Waals surface area contributed by atoms with Gasteiger partial charge in [0.2, 0.25) is 11.8 Å². The number of hydrogen-bond donors (Lipinski definition) is 0. The van der Waals surface area contributed by atoms with E-state index in [4.69, 9.17) is 9.15 Å². The number of aromatic nitrogens is 2. The van der Waals surface area contributed by atoms with E-state index in [1.807, 2.05) is 0 Å². The third-order valence-corrected chi connectivity index (χ3v) is 6.38. The standard InChI is InChI=1S/C23H19FN2O4S/c1-2-31(27,28)19-12-8-17(9-13-19)23-22(16-6-10-18(24)11-7-16)26-21(30-23)15-29-20-5-3-4-14-25-20/h3-14H,2,15H2,1H3. The van der Waals surface area contributed by atoms with Crippen LogP contribution in [0.1, 0.15) is 12.8 Å². The van der Waals surface area contributed by atoms with Crippen molar-refractivity contribution in [3.63, 3.8) is 0 Å². The van der Waals surface area contributed by atoms with Gasteiger partial charge in [-0.15, -0.1) is 0 Å². The Morgan fingerprint density at radius 2 is 1.68 bits per heavy atom. The van der Waals surface area contributed by atoms with Crippen LogP contribution in [0.4, 0.5) is 4.39 Å². The predicted molar refractivity (Wildman–Crippen MR) is 114 cm³/mol. The second kappa shape index (κ2) is 8.69. The highest BCUT2D eigenvalue weighted by Crippen LogP contribution is 2.33. The SMILES string of the molecule is CCS(=O)(=O)c1ccc(-c2oc(COc3ccccn3)nc2-c2ccc(F)cc2)cc1. The fraction of sp³-hybridized carbons (Fsp3) is 0.130. The predicted octanol–water partition coefficient (Wildman–Crippen LogP) is 4.92. The molecule has 0 fully saturated rings. The summed E-state index contributed by atoms with van der Waals surface area (Å²) in [6.07, 6.45) is 1.62. The van der Waals surface area contributed by atoms with Gasteiger partial charge in [-0.1, -0.05) is 13.0 Å². The smallest absolute Gasteiger partial charge is 0.233 e. The lowest BCUT2D eigenvalue weighted by Crippen LogP contribution is -2.03. The third-order valence-electron chi connectivity index (χ3n) is 4.63. The van der Waals surface area contributed by atoms with Crippen molar-refractivity contribution >= 4 is 9.84 Å². The molecule has 6 nitrogen and oxygen atoms in total. The molecule has 2 heterocycles. The molecule has 0 radical (unpaired) electrons. The average Bonchev–Trinajstić information content (AvgIpc) is 3.23. The summed E-state index contributed by atoms with van der Waals surface area (Å²) in [5.74, 6) is 0.836. The first-order valence-electron chi connectivity index (χ1n) is 9.59. The molecular weight excluding hydrogens is 419 g/mol. The van der Waals surface area contributed by atoms with Crippen molar-refractivity contribution in [3.8, 4) is 28.5 Å². The molecule has 4 rings (SSSR count). The molecule has 0 aliphatic rings. The number of nitrogens with zero attached hydrogens (tertiary/aromatic N) is 2. The Morgan fingerprint density at radius 1 is 0.968 bits per heavy atom. The molecule has 0 bridgehead atoms. The van der Waals surface area contributed by atoms with Crippen LogP contribution in [-0.2, 0) is 16.4 Å². The summed E-state index contributed by atoms with van der Waals surface area (Å²) in [6, 6.07) is 17.6. The summed E-state index contributed by atoms with van der Waals surface area (Å²) in [7, 11) is -3.31. The normalized spacial score (nSPS) is 11.4. The van der Waals surface area contributed by atoms with Crippen LogP contribution in [-0.4, -0.2) is 24.1 Å². The number of halogens is 1. The van der Waals surface area contributed by atoms with Crippen molar-refractivity contribution in [3.05, 3.63) is 84.6 Å². The van der Waals surface area contributed by atoms with Gasteiger partial charge >= 0.3 is 0 Å². The molecular formula is C23H19FN2O4S. The Balaban J connectivity index is 1.71. The van der Waals surface area contributed by atoms with Gasteiger partial charge in [-0.3, -0.25) is 0 Å². The van der Waals surface area contributed by atoms with E-state index >= 15 is 0 Å². The molecule has 0 N–H and O–H groups in total. The zero-order chi connectivity index (χ0) is 21.8. The number of hydrogen-bond acceptors (Lipinski definition) is 6. The maximum atomic E-state index is 13.4. The first-order valence-corrected chi connectivity index (χ1v) is 11.2. The highest BCUT2D eigenvalue weighted by molar-refractivity contribution is 7.91. The molecule has 158 valence electrons. The van der Waals surface area contributed by atoms with Crippen LogP contribution < -0.4 is 4.74 Å². The van der Waals surface area contributed by atoms with Crippen molar-refractivity contribution < 1.29 is 22.0 Å². The Bertz CT molecular complexity index is 1270. The maximum Gasteiger partial charge on any atom is 0.233 e. The van der Waals surface area contributed by atoms with Gasteiger partial charge in [-0.25, -0.2) is 22.8 Å². The van der Waals surface area contributed by atoms with E-state index in [1.54, 1.807) is 55.6 Å². The van der Waals surface area contributed by atoms with Crippen LogP contribution in [0.5, 0.6) is 5.88 Å². The molecule has 2 aromatic heterocycles. The monoisotopic (exact) mass is 438 g/mol. The van der Waals surface area contributed by atoms with E-state index in [1.165, 1.54) is 24.3 Å². The van der Waals surface area contributed by atoms with Gasteiger partial charge in [0.15, 0.2) is 22.2 Å². The first kappa shape index (κ1) is 20.7. The van der Waals surface area contributed by atoms with Crippen LogP contribution in [0, 0.1) is 5.82 Å². The van der Waals surface area contributed by atoms with Gasteiger partial charge in [0.1, 0.15) is 11.5 Å². The van der Waals surface area contributed by atoms with E-state index < -0.39 is 9.84 Å². The van der Waals surface area contributed by atoms with Crippen LogP contribution in [0.25, 0.3) is 22.6 Å². The van der Waals surface area contributed by atoms with Crippen molar-refractivity contribution in [2.24, 2.45) is 0 Å². The Morgan fingerprint density at radius 3 is 2.32 bits per heavy atom. The van der Waals surface area contributed by atoms with Gasteiger partial charge in [0.05, 0.1) is 10.6 Å². The minimum atomic E-state index is -3.31. The second-order valence-electron chi connectivity index (χ2n) is 6.68. The third kappa shape index (κ3) is 4.64. The molecule has 0 atom stereocenters. The fourth-order valence-corrected chi connectivity index (χ4v) is 3.86. The molecule has 0 amide bonds. The first-order chi connectivity index (χ1) is 15.0. The summed E-state index contributed by atoms with van der Waals surface area (Å²) in [5, 5.41) is 0. The molecule has 0 unspecified atom stereocenters. The molecule has 31 heavy (non-hydrogen) atoms. The van der Waals surface area contributed by atoms with Gasteiger partial charge in [0, 0.05) is 23.4 Å². The van der Waals surface area contributed by atoms with E-state index in [2.05, 4.69) is 9.97 Å². The van der Waals surface area contributed by atoms with E-state index in [-0.39, 0.29) is 23.1 Å².